The molecule has 3 aliphatic heterocycles. The molecule has 0 aliphatic carbocycles. The number of likely N-dealkylation sites (tertiary alicyclic amines) is 1. The van der Waals surface area contributed by atoms with Gasteiger partial charge in [-0.25, -0.2) is 0 Å². The van der Waals surface area contributed by atoms with Gasteiger partial charge in [-0.1, -0.05) is 0 Å². The quantitative estimate of drug-likeness (QED) is 0.635. The van der Waals surface area contributed by atoms with Crippen molar-refractivity contribution in [3.63, 3.8) is 0 Å². The Hall–Kier alpha value is -3.15. The average Bonchev–Trinajstić information content (AvgIpc) is 2.91. The van der Waals surface area contributed by atoms with Crippen molar-refractivity contribution in [3.8, 4) is 11.8 Å². The number of nitriles is 1. The minimum absolute atomic E-state index is 0.0545. The maximum Gasteiger partial charge on any atom is 0.253 e. The van der Waals surface area contributed by atoms with Crippen LogP contribution in [-0.4, -0.2) is 72.9 Å². The molecule has 3 aliphatic rings. The number of hydrogen-bond acceptors (Lipinski definition) is 7. The number of amides is 1. The first-order valence-electron chi connectivity index (χ1n) is 13.0. The minimum Gasteiger partial charge on any atom is -0.490 e. The number of pyridine rings is 1. The Morgan fingerprint density at radius 2 is 1.81 bits per heavy atom. The van der Waals surface area contributed by atoms with Crippen molar-refractivity contribution in [1.29, 1.82) is 5.26 Å². The summed E-state index contributed by atoms with van der Waals surface area (Å²) in [7, 11) is 0. The number of morpholine rings is 1. The van der Waals surface area contributed by atoms with Crippen LogP contribution in [0.25, 0.3) is 0 Å². The third kappa shape index (κ3) is 5.32. The van der Waals surface area contributed by atoms with E-state index in [0.717, 1.165) is 57.6 Å². The van der Waals surface area contributed by atoms with Gasteiger partial charge in [0.25, 0.3) is 5.91 Å². The maximum absolute atomic E-state index is 12.6. The van der Waals surface area contributed by atoms with E-state index in [1.165, 1.54) is 11.9 Å². The van der Waals surface area contributed by atoms with Crippen LogP contribution in [0.5, 0.6) is 5.75 Å². The fraction of sp³-hybridized carbons (Fsp3) is 0.536. The SMILES string of the molecule is CC(C)N1CCC(Oc2ccc(N3CCC4(CC3)CN(c3cncc(C#N)c3)C(=O)CO4)cc2)CC1. The first-order valence-corrected chi connectivity index (χ1v) is 13.0. The lowest BCUT2D eigenvalue weighted by Crippen LogP contribution is -2.59. The van der Waals surface area contributed by atoms with E-state index in [1.54, 1.807) is 17.2 Å². The van der Waals surface area contributed by atoms with E-state index in [4.69, 9.17) is 9.47 Å². The molecule has 3 fully saturated rings. The minimum atomic E-state index is -0.374. The monoisotopic (exact) mass is 489 g/mol. The molecule has 4 heterocycles. The van der Waals surface area contributed by atoms with Gasteiger partial charge in [0, 0.05) is 44.1 Å². The van der Waals surface area contributed by atoms with Crippen LogP contribution >= 0.6 is 0 Å². The third-order valence-corrected chi connectivity index (χ3v) is 7.80. The van der Waals surface area contributed by atoms with Crippen LogP contribution in [0, 0.1) is 11.3 Å². The van der Waals surface area contributed by atoms with Crippen LogP contribution in [0.2, 0.25) is 0 Å². The number of nitrogens with zero attached hydrogens (tertiary/aromatic N) is 5. The van der Waals surface area contributed by atoms with Crippen LogP contribution in [0.15, 0.2) is 42.7 Å². The Morgan fingerprint density at radius 3 is 2.47 bits per heavy atom. The number of carbonyl (C=O) groups is 1. The lowest BCUT2D eigenvalue weighted by atomic mass is 9.88. The molecule has 36 heavy (non-hydrogen) atoms. The molecule has 3 saturated heterocycles. The highest BCUT2D eigenvalue weighted by Gasteiger charge is 2.43. The van der Waals surface area contributed by atoms with E-state index in [9.17, 15) is 10.1 Å². The number of carbonyl (C=O) groups excluding carboxylic acids is 1. The molecule has 1 spiro atoms. The number of aromatic nitrogens is 1. The molecule has 1 amide bonds. The molecule has 8 heteroatoms. The highest BCUT2D eigenvalue weighted by Crippen LogP contribution is 2.35. The fourth-order valence-corrected chi connectivity index (χ4v) is 5.50. The zero-order valence-electron chi connectivity index (χ0n) is 21.2. The van der Waals surface area contributed by atoms with E-state index in [1.807, 2.05) is 0 Å². The molecule has 0 radical (unpaired) electrons. The second-order valence-electron chi connectivity index (χ2n) is 10.4. The molecule has 1 aromatic heterocycles. The molecule has 0 atom stereocenters. The van der Waals surface area contributed by atoms with Crippen molar-refractivity contribution < 1.29 is 14.3 Å². The first-order chi connectivity index (χ1) is 17.4. The summed E-state index contributed by atoms with van der Waals surface area (Å²) in [5, 5.41) is 9.20. The van der Waals surface area contributed by atoms with Crippen LogP contribution in [0.3, 0.4) is 0 Å². The van der Waals surface area contributed by atoms with Crippen molar-refractivity contribution >= 4 is 17.3 Å². The van der Waals surface area contributed by atoms with Crippen molar-refractivity contribution in [2.24, 2.45) is 0 Å². The average molecular weight is 490 g/mol. The van der Waals surface area contributed by atoms with Crippen molar-refractivity contribution in [2.75, 3.05) is 49.1 Å². The van der Waals surface area contributed by atoms with Gasteiger partial charge < -0.3 is 24.2 Å². The summed E-state index contributed by atoms with van der Waals surface area (Å²) in [6.07, 6.45) is 7.25. The summed E-state index contributed by atoms with van der Waals surface area (Å²) in [5.74, 6) is 0.846. The van der Waals surface area contributed by atoms with Gasteiger partial charge in [-0.3, -0.25) is 9.78 Å². The van der Waals surface area contributed by atoms with Crippen molar-refractivity contribution in [2.45, 2.75) is 57.3 Å². The Bertz CT molecular complexity index is 1100. The summed E-state index contributed by atoms with van der Waals surface area (Å²) in [6.45, 7) is 8.95. The lowest BCUT2D eigenvalue weighted by molar-refractivity contribution is -0.141. The zero-order valence-corrected chi connectivity index (χ0v) is 21.2. The zero-order chi connectivity index (χ0) is 25.1. The Kier molecular flexibility index (Phi) is 7.13. The summed E-state index contributed by atoms with van der Waals surface area (Å²) in [4.78, 5) is 23.3. The van der Waals surface area contributed by atoms with Gasteiger partial charge >= 0.3 is 0 Å². The van der Waals surface area contributed by atoms with Crippen LogP contribution in [0.1, 0.15) is 45.1 Å². The Morgan fingerprint density at radius 1 is 1.08 bits per heavy atom. The Labute approximate surface area is 213 Å². The second kappa shape index (κ2) is 10.5. The Balaban J connectivity index is 1.16. The fourth-order valence-electron chi connectivity index (χ4n) is 5.50. The second-order valence-corrected chi connectivity index (χ2v) is 10.4. The van der Waals surface area contributed by atoms with Gasteiger partial charge in [-0.05, 0) is 69.9 Å². The number of hydrogen-bond donors (Lipinski definition) is 0. The van der Waals surface area contributed by atoms with E-state index in [0.29, 0.717) is 29.9 Å². The van der Waals surface area contributed by atoms with Crippen molar-refractivity contribution in [3.05, 3.63) is 48.3 Å². The molecular formula is C28H35N5O3. The van der Waals surface area contributed by atoms with Crippen LogP contribution < -0.4 is 14.5 Å². The molecule has 0 bridgehead atoms. The van der Waals surface area contributed by atoms with E-state index in [-0.39, 0.29) is 18.1 Å². The predicted molar refractivity (Wildman–Crippen MR) is 138 cm³/mol. The standard InChI is InChI=1S/C28H35N5O3/c1-21(2)31-11-7-26(8-12-31)36-25-5-3-23(4-6-25)32-13-9-28(10-14-32)20-33(27(34)19-35-28)24-15-22(16-29)17-30-18-24/h3-6,15,17-18,21,26H,7-14,19-20H2,1-2H3. The maximum atomic E-state index is 12.6. The van der Waals surface area contributed by atoms with Crippen molar-refractivity contribution in [1.82, 2.24) is 9.88 Å². The molecule has 190 valence electrons. The largest absolute Gasteiger partial charge is 0.490 e. The first kappa shape index (κ1) is 24.5. The molecule has 1 aromatic carbocycles. The van der Waals surface area contributed by atoms with E-state index >= 15 is 0 Å². The molecule has 0 unspecified atom stereocenters. The van der Waals surface area contributed by atoms with E-state index < -0.39 is 0 Å². The molecule has 8 nitrogen and oxygen atoms in total. The van der Waals surface area contributed by atoms with Gasteiger partial charge in [0.15, 0.2) is 0 Å². The number of anilines is 2. The number of piperidine rings is 2. The van der Waals surface area contributed by atoms with Gasteiger partial charge in [0.05, 0.1) is 29.6 Å². The smallest absolute Gasteiger partial charge is 0.253 e. The number of benzene rings is 1. The predicted octanol–water partition coefficient (Wildman–Crippen LogP) is 3.61. The van der Waals surface area contributed by atoms with E-state index in [2.05, 4.69) is 59.0 Å². The van der Waals surface area contributed by atoms with Crippen LogP contribution in [0.4, 0.5) is 11.4 Å². The van der Waals surface area contributed by atoms with Gasteiger partial charge in [0.2, 0.25) is 0 Å². The van der Waals surface area contributed by atoms with Crippen LogP contribution in [-0.2, 0) is 9.53 Å². The highest BCUT2D eigenvalue weighted by atomic mass is 16.5. The molecule has 0 saturated carbocycles. The number of rotatable bonds is 5. The van der Waals surface area contributed by atoms with Gasteiger partial charge in [-0.2, -0.15) is 5.26 Å². The molecule has 5 rings (SSSR count). The third-order valence-electron chi connectivity index (χ3n) is 7.80. The summed E-state index contributed by atoms with van der Waals surface area (Å²) < 4.78 is 12.4. The molecular weight excluding hydrogens is 454 g/mol. The normalized spacial score (nSPS) is 21.1. The number of ether oxygens (including phenoxy) is 2. The summed E-state index contributed by atoms with van der Waals surface area (Å²) in [6, 6.07) is 12.9. The summed E-state index contributed by atoms with van der Waals surface area (Å²) in [5.41, 5.74) is 1.92. The van der Waals surface area contributed by atoms with Gasteiger partial charge in [-0.15, -0.1) is 0 Å². The highest BCUT2D eigenvalue weighted by molar-refractivity contribution is 5.95. The lowest BCUT2D eigenvalue weighted by Gasteiger charge is -2.47. The molecule has 2 aromatic rings. The van der Waals surface area contributed by atoms with Gasteiger partial charge in [0.1, 0.15) is 24.5 Å². The topological polar surface area (TPSA) is 81.9 Å². The summed E-state index contributed by atoms with van der Waals surface area (Å²) >= 11 is 0. The molecule has 0 N–H and O–H groups in total.